The highest BCUT2D eigenvalue weighted by Gasteiger charge is 2.17. The molecule has 0 aliphatic rings. The summed E-state index contributed by atoms with van der Waals surface area (Å²) in [6.45, 7) is 8.49. The van der Waals surface area contributed by atoms with Gasteiger partial charge >= 0.3 is 0 Å². The highest BCUT2D eigenvalue weighted by Crippen LogP contribution is 2.23. The fraction of sp³-hybridized carbons (Fsp3) is 0.455. The summed E-state index contributed by atoms with van der Waals surface area (Å²) >= 11 is 0. The van der Waals surface area contributed by atoms with Gasteiger partial charge in [-0.2, -0.15) is 5.10 Å². The highest BCUT2D eigenvalue weighted by atomic mass is 16.5. The van der Waals surface area contributed by atoms with E-state index in [9.17, 15) is 4.79 Å². The second-order valence-corrected chi connectivity index (χ2v) is 7.87. The number of amides is 1. The minimum atomic E-state index is -0.148. The van der Waals surface area contributed by atoms with Crippen LogP contribution >= 0.6 is 0 Å². The Bertz CT molecular complexity index is 992. The van der Waals surface area contributed by atoms with Crippen molar-refractivity contribution < 1.29 is 13.9 Å². The topological polar surface area (TPSA) is 95.1 Å². The Balaban J connectivity index is 1.93. The van der Waals surface area contributed by atoms with Crippen LogP contribution in [0.3, 0.4) is 0 Å². The van der Waals surface area contributed by atoms with Crippen LogP contribution in [0.25, 0.3) is 17.3 Å². The number of carbonyl (C=O) groups excluding carboxylic acids is 1. The number of benzene rings is 1. The summed E-state index contributed by atoms with van der Waals surface area (Å²) in [6.07, 6.45) is 1.86. The Morgan fingerprint density at radius 1 is 1.23 bits per heavy atom. The molecule has 1 aromatic carbocycles. The fourth-order valence-corrected chi connectivity index (χ4v) is 3.14. The van der Waals surface area contributed by atoms with Gasteiger partial charge < -0.3 is 14.5 Å². The van der Waals surface area contributed by atoms with Crippen LogP contribution < -0.4 is 5.32 Å². The molecule has 3 rings (SSSR count). The molecule has 2 aromatic heterocycles. The maximum atomic E-state index is 12.6. The molecular weight excluding hydrogens is 382 g/mol. The van der Waals surface area contributed by atoms with Crippen LogP contribution in [0.2, 0.25) is 0 Å². The van der Waals surface area contributed by atoms with Crippen LogP contribution in [0.1, 0.15) is 49.1 Å². The van der Waals surface area contributed by atoms with Crippen LogP contribution in [0.5, 0.6) is 0 Å². The van der Waals surface area contributed by atoms with Crippen molar-refractivity contribution in [2.24, 2.45) is 5.92 Å². The van der Waals surface area contributed by atoms with E-state index in [2.05, 4.69) is 29.4 Å². The molecule has 0 saturated heterocycles. The Hall–Kier alpha value is -3.00. The van der Waals surface area contributed by atoms with E-state index >= 15 is 0 Å². The summed E-state index contributed by atoms with van der Waals surface area (Å²) < 4.78 is 12.5. The van der Waals surface area contributed by atoms with E-state index < -0.39 is 0 Å². The van der Waals surface area contributed by atoms with Gasteiger partial charge in [-0.3, -0.25) is 4.79 Å². The van der Waals surface area contributed by atoms with Gasteiger partial charge in [0.05, 0.1) is 12.3 Å². The zero-order valence-corrected chi connectivity index (χ0v) is 18.2. The molecule has 2 heterocycles. The van der Waals surface area contributed by atoms with Gasteiger partial charge in [0, 0.05) is 31.3 Å². The molecule has 8 nitrogen and oxygen atoms in total. The number of hydrogen-bond donors (Lipinski definition) is 1. The van der Waals surface area contributed by atoms with E-state index in [0.717, 1.165) is 24.2 Å². The first-order valence-electron chi connectivity index (χ1n) is 10.2. The maximum Gasteiger partial charge on any atom is 0.268 e. The first-order chi connectivity index (χ1) is 14.4. The Kier molecular flexibility index (Phi) is 6.99. The number of aromatic nitrogens is 4. The minimum Gasteiger partial charge on any atom is -0.420 e. The third-order valence-corrected chi connectivity index (χ3v) is 4.65. The first-order valence-corrected chi connectivity index (χ1v) is 10.2. The largest absolute Gasteiger partial charge is 0.420 e. The van der Waals surface area contributed by atoms with E-state index in [-0.39, 0.29) is 11.9 Å². The zero-order valence-electron chi connectivity index (χ0n) is 18.2. The Labute approximate surface area is 176 Å². The Morgan fingerprint density at radius 3 is 2.70 bits per heavy atom. The molecular formula is C22H29N5O3. The molecule has 0 aliphatic heterocycles. The fourth-order valence-electron chi connectivity index (χ4n) is 3.14. The average Bonchev–Trinajstić information content (AvgIpc) is 3.33. The molecule has 1 amide bonds. The highest BCUT2D eigenvalue weighted by molar-refractivity contribution is 5.94. The van der Waals surface area contributed by atoms with Gasteiger partial charge in [-0.05, 0) is 49.9 Å². The average molecular weight is 412 g/mol. The van der Waals surface area contributed by atoms with Crippen molar-refractivity contribution in [3.8, 4) is 17.3 Å². The minimum absolute atomic E-state index is 0.0789. The molecule has 0 aliphatic carbocycles. The van der Waals surface area contributed by atoms with E-state index in [0.29, 0.717) is 35.6 Å². The van der Waals surface area contributed by atoms with Gasteiger partial charge in [0.15, 0.2) is 0 Å². The number of methoxy groups -OCH3 is 1. The van der Waals surface area contributed by atoms with Crippen molar-refractivity contribution in [3.63, 3.8) is 0 Å². The van der Waals surface area contributed by atoms with Crippen molar-refractivity contribution in [1.29, 1.82) is 0 Å². The lowest BCUT2D eigenvalue weighted by Crippen LogP contribution is -2.35. The summed E-state index contributed by atoms with van der Waals surface area (Å²) in [5, 5.41) is 15.6. The molecule has 3 aromatic rings. The lowest BCUT2D eigenvalue weighted by molar-refractivity contribution is 0.0905. The summed E-state index contributed by atoms with van der Waals surface area (Å²) in [5.41, 5.74) is 3.03. The first kappa shape index (κ1) is 21.7. The Morgan fingerprint density at radius 2 is 2.03 bits per heavy atom. The molecule has 160 valence electrons. The van der Waals surface area contributed by atoms with Crippen LogP contribution in [0.4, 0.5) is 0 Å². The van der Waals surface area contributed by atoms with Crippen LogP contribution in [0.15, 0.2) is 34.7 Å². The molecule has 8 heteroatoms. The summed E-state index contributed by atoms with van der Waals surface area (Å²) in [5.74, 6) is 1.29. The smallest absolute Gasteiger partial charge is 0.268 e. The number of rotatable bonds is 9. The standard InChI is InChI=1S/C22H29N5O3/c1-14(2)9-10-19-12-20(22-25-24-16(4)30-22)26-27(19)18-8-6-7-17(11-18)21(28)23-15(3)13-29-5/h6-8,11-12,14-15H,9-10,13H2,1-5H3,(H,23,28)/t15-/m1/s1. The molecule has 1 N–H and O–H groups in total. The molecule has 1 atom stereocenters. The molecule has 0 saturated carbocycles. The number of aryl methyl sites for hydroxylation is 2. The van der Waals surface area contributed by atoms with Crippen molar-refractivity contribution in [2.45, 2.75) is 46.6 Å². The summed E-state index contributed by atoms with van der Waals surface area (Å²) in [4.78, 5) is 12.6. The van der Waals surface area contributed by atoms with Crippen LogP contribution in [-0.4, -0.2) is 45.6 Å². The molecule has 0 unspecified atom stereocenters. The molecule has 0 radical (unpaired) electrons. The number of nitrogens with zero attached hydrogens (tertiary/aromatic N) is 4. The second-order valence-electron chi connectivity index (χ2n) is 7.87. The van der Waals surface area contributed by atoms with Gasteiger partial charge in [-0.1, -0.05) is 19.9 Å². The van der Waals surface area contributed by atoms with E-state index in [1.807, 2.05) is 35.9 Å². The third-order valence-electron chi connectivity index (χ3n) is 4.65. The molecule has 0 fully saturated rings. The number of hydrogen-bond acceptors (Lipinski definition) is 6. The van der Waals surface area contributed by atoms with Crippen molar-refractivity contribution in [2.75, 3.05) is 13.7 Å². The van der Waals surface area contributed by atoms with Crippen molar-refractivity contribution in [3.05, 3.63) is 47.5 Å². The molecule has 30 heavy (non-hydrogen) atoms. The van der Waals surface area contributed by atoms with E-state index in [1.54, 1.807) is 20.1 Å². The van der Waals surface area contributed by atoms with Gasteiger partial charge in [-0.15, -0.1) is 10.2 Å². The lowest BCUT2D eigenvalue weighted by Gasteiger charge is -2.14. The zero-order chi connectivity index (χ0) is 21.7. The van der Waals surface area contributed by atoms with E-state index in [1.165, 1.54) is 0 Å². The molecule has 0 spiro atoms. The third kappa shape index (κ3) is 5.33. The number of ether oxygens (including phenoxy) is 1. The van der Waals surface area contributed by atoms with Gasteiger partial charge in [-0.25, -0.2) is 4.68 Å². The predicted molar refractivity (Wildman–Crippen MR) is 114 cm³/mol. The predicted octanol–water partition coefficient (Wildman–Crippen LogP) is 3.58. The number of nitrogens with one attached hydrogen (secondary N) is 1. The molecule has 0 bridgehead atoms. The monoisotopic (exact) mass is 411 g/mol. The summed E-state index contributed by atoms with van der Waals surface area (Å²) in [7, 11) is 1.61. The lowest BCUT2D eigenvalue weighted by atomic mass is 10.1. The quantitative estimate of drug-likeness (QED) is 0.578. The van der Waals surface area contributed by atoms with Gasteiger partial charge in [0.25, 0.3) is 11.8 Å². The van der Waals surface area contributed by atoms with Crippen molar-refractivity contribution >= 4 is 5.91 Å². The number of carbonyl (C=O) groups is 1. The van der Waals surface area contributed by atoms with Gasteiger partial charge in [0.1, 0.15) is 5.69 Å². The van der Waals surface area contributed by atoms with Crippen LogP contribution in [0, 0.1) is 12.8 Å². The van der Waals surface area contributed by atoms with Crippen LogP contribution in [-0.2, 0) is 11.2 Å². The summed E-state index contributed by atoms with van der Waals surface area (Å²) in [6, 6.07) is 9.31. The van der Waals surface area contributed by atoms with Crippen molar-refractivity contribution in [1.82, 2.24) is 25.3 Å². The second kappa shape index (κ2) is 9.67. The SMILES string of the molecule is COC[C@@H](C)NC(=O)c1cccc(-n2nc(-c3nnc(C)o3)cc2CCC(C)C)c1. The van der Waals surface area contributed by atoms with E-state index in [4.69, 9.17) is 14.3 Å². The normalized spacial score (nSPS) is 12.3. The maximum absolute atomic E-state index is 12.6. The van der Waals surface area contributed by atoms with Gasteiger partial charge in [0.2, 0.25) is 5.89 Å².